The normalized spacial score (nSPS) is 11.8. The zero-order valence-corrected chi connectivity index (χ0v) is 17.3. The third-order valence-corrected chi connectivity index (χ3v) is 5.69. The number of fused-ring (bicyclic) bond motifs is 1. The monoisotopic (exact) mass is 400 g/mol. The van der Waals surface area contributed by atoms with Crippen LogP contribution in [0.25, 0.3) is 22.2 Å². The summed E-state index contributed by atoms with van der Waals surface area (Å²) in [6.45, 7) is 4.47. The highest BCUT2D eigenvalue weighted by molar-refractivity contribution is 7.00. The molecular formula is C25H21FN2S. The van der Waals surface area contributed by atoms with E-state index in [1.807, 2.05) is 24.3 Å². The maximum Gasteiger partial charge on any atom is 0.139 e. The third kappa shape index (κ3) is 4.52. The van der Waals surface area contributed by atoms with Gasteiger partial charge in [0.05, 0.1) is 17.3 Å². The lowest BCUT2D eigenvalue weighted by Gasteiger charge is -2.09. The second kappa shape index (κ2) is 8.55. The lowest BCUT2D eigenvalue weighted by molar-refractivity contribution is 0.560. The topological polar surface area (TPSA) is 25.8 Å². The second-order valence-corrected chi connectivity index (χ2v) is 7.86. The Morgan fingerprint density at radius 1 is 0.897 bits per heavy atom. The van der Waals surface area contributed by atoms with Gasteiger partial charge in [0, 0.05) is 5.56 Å². The van der Waals surface area contributed by atoms with Gasteiger partial charge in [0.2, 0.25) is 0 Å². The molecule has 0 bridgehead atoms. The standard InChI is InChI=1S/C25H21FN2S/c1-3-17(2)14-18-4-8-20(9-5-18)22-12-11-21(23(26)16-22)10-6-19-7-13-24-25(15-19)28-29-27-24/h4-5,7-9,11-13,15-17H,3,14H2,1-2H3. The molecule has 144 valence electrons. The Hall–Kier alpha value is -3.03. The fourth-order valence-corrected chi connectivity index (χ4v) is 3.69. The van der Waals surface area contributed by atoms with Gasteiger partial charge >= 0.3 is 0 Å². The number of hydrogen-bond donors (Lipinski definition) is 0. The fraction of sp³-hybridized carbons (Fsp3) is 0.200. The van der Waals surface area contributed by atoms with Crippen LogP contribution in [0.1, 0.15) is 37.0 Å². The van der Waals surface area contributed by atoms with Gasteiger partial charge in [0.15, 0.2) is 0 Å². The molecule has 0 saturated carbocycles. The highest BCUT2D eigenvalue weighted by atomic mass is 32.1. The number of rotatable bonds is 4. The molecule has 4 heteroatoms. The summed E-state index contributed by atoms with van der Waals surface area (Å²) in [5, 5.41) is 0. The molecule has 0 fully saturated rings. The van der Waals surface area contributed by atoms with Gasteiger partial charge < -0.3 is 0 Å². The molecule has 0 aliphatic carbocycles. The maximum atomic E-state index is 14.6. The Bertz CT molecular complexity index is 1200. The summed E-state index contributed by atoms with van der Waals surface area (Å²) < 4.78 is 23.0. The Kier molecular flexibility index (Phi) is 5.69. The van der Waals surface area contributed by atoms with Gasteiger partial charge in [-0.25, -0.2) is 4.39 Å². The zero-order chi connectivity index (χ0) is 20.2. The molecule has 0 radical (unpaired) electrons. The van der Waals surface area contributed by atoms with Crippen molar-refractivity contribution in [2.45, 2.75) is 26.7 Å². The molecule has 0 aliphatic rings. The first kappa shape index (κ1) is 19.3. The Morgan fingerprint density at radius 3 is 2.41 bits per heavy atom. The molecule has 4 rings (SSSR count). The predicted molar refractivity (Wildman–Crippen MR) is 118 cm³/mol. The maximum absolute atomic E-state index is 14.6. The molecule has 0 saturated heterocycles. The summed E-state index contributed by atoms with van der Waals surface area (Å²) in [6, 6.07) is 19.3. The van der Waals surface area contributed by atoms with Crippen LogP contribution < -0.4 is 0 Å². The lowest BCUT2D eigenvalue weighted by atomic mass is 9.96. The summed E-state index contributed by atoms with van der Waals surface area (Å²) in [4.78, 5) is 0. The van der Waals surface area contributed by atoms with Crippen LogP contribution in [0.5, 0.6) is 0 Å². The van der Waals surface area contributed by atoms with E-state index < -0.39 is 0 Å². The molecular weight excluding hydrogens is 379 g/mol. The molecule has 3 aromatic carbocycles. The Morgan fingerprint density at radius 2 is 1.66 bits per heavy atom. The number of benzene rings is 3. The molecule has 0 amide bonds. The molecule has 0 spiro atoms. The number of nitrogens with zero attached hydrogens (tertiary/aromatic N) is 2. The van der Waals surface area contributed by atoms with Gasteiger partial charge in [-0.2, -0.15) is 8.75 Å². The highest BCUT2D eigenvalue weighted by Gasteiger charge is 2.06. The van der Waals surface area contributed by atoms with Crippen molar-refractivity contribution in [1.82, 2.24) is 8.75 Å². The van der Waals surface area contributed by atoms with Crippen molar-refractivity contribution in [3.05, 3.63) is 83.2 Å². The van der Waals surface area contributed by atoms with E-state index in [0.717, 1.165) is 34.1 Å². The molecule has 29 heavy (non-hydrogen) atoms. The van der Waals surface area contributed by atoms with Gasteiger partial charge in [-0.05, 0) is 59.4 Å². The van der Waals surface area contributed by atoms with Crippen LogP contribution in [0.2, 0.25) is 0 Å². The van der Waals surface area contributed by atoms with Crippen molar-refractivity contribution in [2.24, 2.45) is 5.92 Å². The molecule has 2 nitrogen and oxygen atoms in total. The van der Waals surface area contributed by atoms with Crippen LogP contribution in [0.3, 0.4) is 0 Å². The van der Waals surface area contributed by atoms with Crippen LogP contribution in [-0.4, -0.2) is 8.75 Å². The van der Waals surface area contributed by atoms with E-state index >= 15 is 0 Å². The molecule has 1 heterocycles. The largest absolute Gasteiger partial charge is 0.206 e. The smallest absolute Gasteiger partial charge is 0.139 e. The number of aromatic nitrogens is 2. The lowest BCUT2D eigenvalue weighted by Crippen LogP contribution is -1.97. The van der Waals surface area contributed by atoms with Gasteiger partial charge in [0.1, 0.15) is 16.9 Å². The molecule has 0 N–H and O–H groups in total. The van der Waals surface area contributed by atoms with Crippen LogP contribution in [-0.2, 0) is 6.42 Å². The fourth-order valence-electron chi connectivity index (χ4n) is 3.18. The van der Waals surface area contributed by atoms with E-state index in [1.165, 1.54) is 23.7 Å². The molecule has 1 atom stereocenters. The minimum atomic E-state index is -0.310. The summed E-state index contributed by atoms with van der Waals surface area (Å²) in [5.74, 6) is 6.31. The first-order valence-electron chi connectivity index (χ1n) is 9.75. The van der Waals surface area contributed by atoms with Crippen molar-refractivity contribution in [3.8, 4) is 23.0 Å². The third-order valence-electron chi connectivity index (χ3n) is 5.13. The quantitative estimate of drug-likeness (QED) is 0.366. The average molecular weight is 401 g/mol. The minimum Gasteiger partial charge on any atom is -0.206 e. The van der Waals surface area contributed by atoms with Crippen molar-refractivity contribution in [1.29, 1.82) is 0 Å². The molecule has 4 aromatic rings. The number of hydrogen-bond acceptors (Lipinski definition) is 3. The average Bonchev–Trinajstić information content (AvgIpc) is 3.21. The van der Waals surface area contributed by atoms with Crippen LogP contribution >= 0.6 is 11.7 Å². The predicted octanol–water partition coefficient (Wildman–Crippen LogP) is 6.49. The minimum absolute atomic E-state index is 0.310. The van der Waals surface area contributed by atoms with Crippen molar-refractivity contribution in [3.63, 3.8) is 0 Å². The van der Waals surface area contributed by atoms with Crippen molar-refractivity contribution in [2.75, 3.05) is 0 Å². The Balaban J connectivity index is 1.53. The van der Waals surface area contributed by atoms with Crippen LogP contribution in [0.4, 0.5) is 4.39 Å². The van der Waals surface area contributed by atoms with Crippen molar-refractivity contribution >= 4 is 22.8 Å². The Labute approximate surface area is 174 Å². The summed E-state index contributed by atoms with van der Waals surface area (Å²) in [6.07, 6.45) is 2.24. The summed E-state index contributed by atoms with van der Waals surface area (Å²) >= 11 is 1.17. The highest BCUT2D eigenvalue weighted by Crippen LogP contribution is 2.23. The molecule has 1 unspecified atom stereocenters. The van der Waals surface area contributed by atoms with Crippen LogP contribution in [0, 0.1) is 23.6 Å². The van der Waals surface area contributed by atoms with Crippen molar-refractivity contribution < 1.29 is 4.39 Å². The van der Waals surface area contributed by atoms with E-state index in [1.54, 1.807) is 12.1 Å². The van der Waals surface area contributed by atoms with E-state index in [4.69, 9.17) is 0 Å². The van der Waals surface area contributed by atoms with E-state index in [2.05, 4.69) is 58.7 Å². The molecule has 0 aliphatic heterocycles. The van der Waals surface area contributed by atoms with Crippen LogP contribution in [0.15, 0.2) is 60.7 Å². The zero-order valence-electron chi connectivity index (χ0n) is 16.4. The number of halogens is 1. The SMILES string of the molecule is CCC(C)Cc1ccc(-c2ccc(C#Cc3ccc4nsnc4c3)c(F)c2)cc1. The van der Waals surface area contributed by atoms with E-state index in [9.17, 15) is 4.39 Å². The van der Waals surface area contributed by atoms with Gasteiger partial charge in [-0.15, -0.1) is 0 Å². The van der Waals surface area contributed by atoms with E-state index in [-0.39, 0.29) is 5.82 Å². The molecule has 1 aromatic heterocycles. The summed E-state index contributed by atoms with van der Waals surface area (Å²) in [5.41, 5.74) is 6.04. The van der Waals surface area contributed by atoms with Gasteiger partial charge in [-0.3, -0.25) is 0 Å². The summed E-state index contributed by atoms with van der Waals surface area (Å²) in [7, 11) is 0. The first-order valence-corrected chi connectivity index (χ1v) is 10.5. The van der Waals surface area contributed by atoms with Gasteiger partial charge in [0.25, 0.3) is 0 Å². The van der Waals surface area contributed by atoms with E-state index in [0.29, 0.717) is 11.5 Å². The van der Waals surface area contributed by atoms with Gasteiger partial charge in [-0.1, -0.05) is 62.4 Å². The first-order chi connectivity index (χ1) is 14.1. The second-order valence-electron chi connectivity index (χ2n) is 7.33.